The van der Waals surface area contributed by atoms with Gasteiger partial charge in [-0.1, -0.05) is 0 Å². The Morgan fingerprint density at radius 3 is 2.35 bits per heavy atom. The largest absolute Gasteiger partial charge is 0.391 e. The van der Waals surface area contributed by atoms with Crippen molar-refractivity contribution in [1.29, 1.82) is 0 Å². The van der Waals surface area contributed by atoms with Gasteiger partial charge >= 0.3 is 0 Å². The molecule has 0 unspecified atom stereocenters. The van der Waals surface area contributed by atoms with Gasteiger partial charge in [-0.05, 0) is 18.6 Å². The molecule has 1 rings (SSSR count). The minimum Gasteiger partial charge on any atom is -0.391 e. The lowest BCUT2D eigenvalue weighted by Crippen LogP contribution is -2.11. The van der Waals surface area contributed by atoms with Gasteiger partial charge in [0.1, 0.15) is 5.82 Å². The van der Waals surface area contributed by atoms with Crippen LogP contribution in [0.1, 0.15) is 12.5 Å². The van der Waals surface area contributed by atoms with Crippen LogP contribution in [0, 0.1) is 17.5 Å². The number of carbonyl (C=O) groups excluding carboxylic acids is 1. The highest BCUT2D eigenvalue weighted by Gasteiger charge is 2.11. The van der Waals surface area contributed by atoms with Crippen LogP contribution < -0.4 is 5.32 Å². The maximum absolute atomic E-state index is 13.3. The minimum absolute atomic E-state index is 0.000880. The zero-order valence-corrected chi connectivity index (χ0v) is 9.48. The Balaban J connectivity index is 3.02. The zero-order chi connectivity index (χ0) is 13.0. The van der Waals surface area contributed by atoms with E-state index < -0.39 is 17.5 Å². The quantitative estimate of drug-likeness (QED) is 0.649. The number of benzene rings is 1. The second-order valence-corrected chi connectivity index (χ2v) is 3.56. The summed E-state index contributed by atoms with van der Waals surface area (Å²) in [6.07, 6.45) is 1.28. The fraction of sp³-hybridized carbons (Fsp3) is 0.250. The summed E-state index contributed by atoms with van der Waals surface area (Å²) in [6.45, 7) is 1.35. The number of halogens is 3. The number of hydrogen-bond donors (Lipinski definition) is 1. The Kier molecular flexibility index (Phi) is 4.31. The van der Waals surface area contributed by atoms with E-state index in [1.807, 2.05) is 0 Å². The van der Waals surface area contributed by atoms with Crippen LogP contribution in [0.15, 0.2) is 23.9 Å². The standard InChI is InChI=1S/C12H12F3NO/c1-7(17)3-9(16-2)4-8-5-11(14)12(15)6-10(8)13/h3,5-6,16H,4H2,1-2H3/b9-3-. The van der Waals surface area contributed by atoms with Gasteiger partial charge in [-0.2, -0.15) is 0 Å². The van der Waals surface area contributed by atoms with E-state index in [0.29, 0.717) is 11.8 Å². The summed E-state index contributed by atoms with van der Waals surface area (Å²) in [5.74, 6) is -3.39. The van der Waals surface area contributed by atoms with Crippen molar-refractivity contribution >= 4 is 5.78 Å². The second kappa shape index (κ2) is 5.52. The van der Waals surface area contributed by atoms with Crippen molar-refractivity contribution in [2.75, 3.05) is 7.05 Å². The van der Waals surface area contributed by atoms with Crippen LogP contribution in [-0.2, 0) is 11.2 Å². The first kappa shape index (κ1) is 13.3. The Hall–Kier alpha value is -1.78. The van der Waals surface area contributed by atoms with E-state index in [2.05, 4.69) is 5.32 Å². The summed E-state index contributed by atoms with van der Waals surface area (Å²) in [4.78, 5) is 10.9. The number of ketones is 1. The molecule has 0 aromatic heterocycles. The highest BCUT2D eigenvalue weighted by Crippen LogP contribution is 2.16. The Morgan fingerprint density at radius 1 is 1.24 bits per heavy atom. The third-order valence-corrected chi connectivity index (χ3v) is 2.17. The van der Waals surface area contributed by atoms with Gasteiger partial charge in [0.2, 0.25) is 0 Å². The SMILES string of the molecule is CN/C(=C\C(C)=O)Cc1cc(F)c(F)cc1F. The molecule has 0 amide bonds. The summed E-state index contributed by atoms with van der Waals surface area (Å²) < 4.78 is 38.9. The Labute approximate surface area is 97.1 Å². The molecule has 0 saturated carbocycles. The number of allylic oxidation sites excluding steroid dienone is 2. The third-order valence-electron chi connectivity index (χ3n) is 2.17. The van der Waals surface area contributed by atoms with Crippen molar-refractivity contribution in [3.05, 3.63) is 46.9 Å². The van der Waals surface area contributed by atoms with Crippen LogP contribution in [0.5, 0.6) is 0 Å². The second-order valence-electron chi connectivity index (χ2n) is 3.56. The van der Waals surface area contributed by atoms with Gasteiger partial charge in [-0.3, -0.25) is 4.79 Å². The van der Waals surface area contributed by atoms with Gasteiger partial charge in [-0.15, -0.1) is 0 Å². The number of hydrogen-bond acceptors (Lipinski definition) is 2. The fourth-order valence-corrected chi connectivity index (χ4v) is 1.36. The van der Waals surface area contributed by atoms with E-state index in [1.165, 1.54) is 13.0 Å². The molecule has 0 bridgehead atoms. The molecule has 0 saturated heterocycles. The molecule has 92 valence electrons. The molecule has 5 heteroatoms. The van der Waals surface area contributed by atoms with Crippen LogP contribution in [0.4, 0.5) is 13.2 Å². The zero-order valence-electron chi connectivity index (χ0n) is 9.48. The minimum atomic E-state index is -1.23. The summed E-state index contributed by atoms with van der Waals surface area (Å²) >= 11 is 0. The molecular weight excluding hydrogens is 231 g/mol. The van der Waals surface area contributed by atoms with Gasteiger partial charge in [0.15, 0.2) is 17.4 Å². The van der Waals surface area contributed by atoms with Crippen LogP contribution >= 0.6 is 0 Å². The molecule has 1 aromatic rings. The van der Waals surface area contributed by atoms with Crippen molar-refractivity contribution in [1.82, 2.24) is 5.32 Å². The molecule has 0 atom stereocenters. The lowest BCUT2D eigenvalue weighted by Gasteiger charge is -2.08. The normalized spacial score (nSPS) is 11.5. The van der Waals surface area contributed by atoms with Crippen LogP contribution in [0.3, 0.4) is 0 Å². The molecule has 1 aromatic carbocycles. The Morgan fingerprint density at radius 2 is 1.82 bits per heavy atom. The average Bonchev–Trinajstić information content (AvgIpc) is 2.24. The molecule has 1 N–H and O–H groups in total. The van der Waals surface area contributed by atoms with Crippen molar-refractivity contribution in [3.8, 4) is 0 Å². The van der Waals surface area contributed by atoms with Crippen molar-refractivity contribution < 1.29 is 18.0 Å². The van der Waals surface area contributed by atoms with Gasteiger partial charge in [-0.25, -0.2) is 13.2 Å². The van der Waals surface area contributed by atoms with E-state index in [-0.39, 0.29) is 17.8 Å². The van der Waals surface area contributed by atoms with Crippen molar-refractivity contribution in [2.24, 2.45) is 0 Å². The Bertz CT molecular complexity index is 469. The average molecular weight is 243 g/mol. The monoisotopic (exact) mass is 243 g/mol. The molecule has 0 aliphatic carbocycles. The van der Waals surface area contributed by atoms with E-state index in [1.54, 1.807) is 7.05 Å². The molecule has 17 heavy (non-hydrogen) atoms. The summed E-state index contributed by atoms with van der Waals surface area (Å²) in [7, 11) is 1.56. The van der Waals surface area contributed by atoms with E-state index in [9.17, 15) is 18.0 Å². The lowest BCUT2D eigenvalue weighted by atomic mass is 10.1. The predicted octanol–water partition coefficient (Wildman–Crippen LogP) is 2.34. The van der Waals surface area contributed by atoms with Gasteiger partial charge in [0, 0.05) is 31.3 Å². The molecule has 0 fully saturated rings. The molecule has 0 aliphatic heterocycles. The van der Waals surface area contributed by atoms with Crippen LogP contribution in [0.25, 0.3) is 0 Å². The van der Waals surface area contributed by atoms with Crippen molar-refractivity contribution in [2.45, 2.75) is 13.3 Å². The first-order valence-corrected chi connectivity index (χ1v) is 4.96. The summed E-state index contributed by atoms with van der Waals surface area (Å²) in [6, 6.07) is 1.28. The molecular formula is C12H12F3NO. The molecule has 2 nitrogen and oxygen atoms in total. The number of carbonyl (C=O) groups is 1. The first-order chi connectivity index (χ1) is 7.93. The molecule has 0 aliphatic rings. The van der Waals surface area contributed by atoms with Crippen LogP contribution in [-0.4, -0.2) is 12.8 Å². The maximum Gasteiger partial charge on any atom is 0.161 e. The molecule has 0 spiro atoms. The predicted molar refractivity (Wildman–Crippen MR) is 57.8 cm³/mol. The van der Waals surface area contributed by atoms with Crippen molar-refractivity contribution in [3.63, 3.8) is 0 Å². The lowest BCUT2D eigenvalue weighted by molar-refractivity contribution is -0.112. The number of likely N-dealkylation sites (N-methyl/N-ethyl adjacent to an activating group) is 1. The summed E-state index contributed by atoms with van der Waals surface area (Å²) in [5.41, 5.74) is 0.424. The summed E-state index contributed by atoms with van der Waals surface area (Å²) in [5, 5.41) is 2.70. The smallest absolute Gasteiger partial charge is 0.161 e. The highest BCUT2D eigenvalue weighted by atomic mass is 19.2. The number of nitrogens with one attached hydrogen (secondary N) is 1. The highest BCUT2D eigenvalue weighted by molar-refractivity contribution is 5.87. The molecule has 0 radical (unpaired) electrons. The first-order valence-electron chi connectivity index (χ1n) is 4.96. The molecule has 0 heterocycles. The van der Waals surface area contributed by atoms with Gasteiger partial charge in [0.05, 0.1) is 0 Å². The van der Waals surface area contributed by atoms with Gasteiger partial charge in [0.25, 0.3) is 0 Å². The van der Waals surface area contributed by atoms with Gasteiger partial charge < -0.3 is 5.32 Å². The van der Waals surface area contributed by atoms with E-state index >= 15 is 0 Å². The third kappa shape index (κ3) is 3.62. The number of rotatable bonds is 4. The van der Waals surface area contributed by atoms with E-state index in [4.69, 9.17) is 0 Å². The topological polar surface area (TPSA) is 29.1 Å². The van der Waals surface area contributed by atoms with Crippen LogP contribution in [0.2, 0.25) is 0 Å². The maximum atomic E-state index is 13.3. The fourth-order valence-electron chi connectivity index (χ4n) is 1.36. The van der Waals surface area contributed by atoms with E-state index in [0.717, 1.165) is 6.07 Å².